The molecule has 0 saturated heterocycles. The van der Waals surface area contributed by atoms with Crippen molar-refractivity contribution in [3.05, 3.63) is 49.5 Å². The third-order valence-corrected chi connectivity index (χ3v) is 2.47. The fraction of sp³-hybridized carbons (Fsp3) is 0. The van der Waals surface area contributed by atoms with Crippen LogP contribution in [-0.2, 0) is 0 Å². The van der Waals surface area contributed by atoms with E-state index in [0.29, 0.717) is 4.47 Å². The lowest BCUT2D eigenvalue weighted by Gasteiger charge is -2.01. The van der Waals surface area contributed by atoms with Gasteiger partial charge in [-0.15, -0.1) is 0 Å². The van der Waals surface area contributed by atoms with E-state index in [0.717, 1.165) is 4.57 Å². The van der Waals surface area contributed by atoms with E-state index >= 15 is 0 Å². The predicted molar refractivity (Wildman–Crippen MR) is 54.7 cm³/mol. The molecule has 15 heavy (non-hydrogen) atoms. The van der Waals surface area contributed by atoms with Crippen LogP contribution < -0.4 is 11.4 Å². The summed E-state index contributed by atoms with van der Waals surface area (Å²) in [5, 5.41) is 4.27. The van der Waals surface area contributed by atoms with Crippen LogP contribution in [0.4, 0.5) is 4.39 Å². The monoisotopic (exact) mass is 273 g/mol. The van der Waals surface area contributed by atoms with Gasteiger partial charge in [-0.1, -0.05) is 0 Å². The van der Waals surface area contributed by atoms with Crippen LogP contribution in [0.25, 0.3) is 5.69 Å². The first kappa shape index (κ1) is 9.91. The van der Waals surface area contributed by atoms with Crippen molar-refractivity contribution >= 4 is 15.9 Å². The Morgan fingerprint density at radius 2 is 1.80 bits per heavy atom. The Morgan fingerprint density at radius 1 is 1.20 bits per heavy atom. The van der Waals surface area contributed by atoms with E-state index < -0.39 is 17.2 Å². The van der Waals surface area contributed by atoms with Gasteiger partial charge in [-0.2, -0.15) is 0 Å². The minimum Gasteiger partial charge on any atom is -0.247 e. The number of aromatic nitrogens is 3. The second-order valence-electron chi connectivity index (χ2n) is 2.79. The molecule has 5 nitrogen and oxygen atoms in total. The molecule has 0 fully saturated rings. The van der Waals surface area contributed by atoms with Gasteiger partial charge in [0.15, 0.2) is 0 Å². The van der Waals surface area contributed by atoms with Gasteiger partial charge in [-0.05, 0) is 34.1 Å². The molecule has 0 aliphatic carbocycles. The molecule has 0 bridgehead atoms. The first-order valence-electron chi connectivity index (χ1n) is 3.95. The number of hydrogen-bond donors (Lipinski definition) is 2. The van der Waals surface area contributed by atoms with Gasteiger partial charge in [0.05, 0.1) is 5.69 Å². The van der Waals surface area contributed by atoms with Crippen LogP contribution in [0.1, 0.15) is 0 Å². The summed E-state index contributed by atoms with van der Waals surface area (Å²) in [6, 6.07) is 3.68. The summed E-state index contributed by atoms with van der Waals surface area (Å²) < 4.78 is 14.0. The summed E-state index contributed by atoms with van der Waals surface area (Å²) in [5.74, 6) is -0.453. The number of halogens is 2. The molecule has 0 amide bonds. The Labute approximate surface area is 90.7 Å². The summed E-state index contributed by atoms with van der Waals surface area (Å²) in [6.07, 6.45) is 0. The molecule has 1 aromatic heterocycles. The molecule has 0 aliphatic heterocycles. The summed E-state index contributed by atoms with van der Waals surface area (Å²) in [5.41, 5.74) is -0.927. The molecule has 0 saturated carbocycles. The van der Waals surface area contributed by atoms with Crippen molar-refractivity contribution in [2.75, 3.05) is 0 Å². The zero-order valence-electron chi connectivity index (χ0n) is 7.25. The minimum atomic E-state index is -0.604. The molecule has 7 heteroatoms. The van der Waals surface area contributed by atoms with Crippen molar-refractivity contribution in [2.45, 2.75) is 0 Å². The fourth-order valence-corrected chi connectivity index (χ4v) is 1.72. The zero-order chi connectivity index (χ0) is 11.0. The molecule has 1 aromatic carbocycles. The van der Waals surface area contributed by atoms with Gasteiger partial charge in [-0.3, -0.25) is 0 Å². The Kier molecular flexibility index (Phi) is 2.31. The van der Waals surface area contributed by atoms with E-state index in [1.807, 2.05) is 0 Å². The van der Waals surface area contributed by atoms with Crippen LogP contribution in [0.2, 0.25) is 0 Å². The SMILES string of the molecule is O=c1[nH][nH]c(=O)n1-c1ccc(F)cc1Br. The van der Waals surface area contributed by atoms with E-state index in [-0.39, 0.29) is 5.69 Å². The third kappa shape index (κ3) is 1.65. The molecule has 0 unspecified atom stereocenters. The van der Waals surface area contributed by atoms with Crippen molar-refractivity contribution in [1.29, 1.82) is 0 Å². The maximum absolute atomic E-state index is 12.8. The van der Waals surface area contributed by atoms with Crippen LogP contribution in [0, 0.1) is 5.82 Å². The van der Waals surface area contributed by atoms with Crippen LogP contribution in [0.15, 0.2) is 32.3 Å². The van der Waals surface area contributed by atoms with E-state index in [1.165, 1.54) is 18.2 Å². The summed E-state index contributed by atoms with van der Waals surface area (Å²) in [4.78, 5) is 22.5. The molecule has 78 valence electrons. The van der Waals surface area contributed by atoms with Gasteiger partial charge in [0, 0.05) is 4.47 Å². The molecule has 2 N–H and O–H groups in total. The average molecular weight is 274 g/mol. The van der Waals surface area contributed by atoms with Crippen molar-refractivity contribution < 1.29 is 4.39 Å². The highest BCUT2D eigenvalue weighted by Crippen LogP contribution is 2.19. The van der Waals surface area contributed by atoms with E-state index in [1.54, 1.807) is 0 Å². The van der Waals surface area contributed by atoms with Crippen LogP contribution in [-0.4, -0.2) is 14.8 Å². The lowest BCUT2D eigenvalue weighted by atomic mass is 10.3. The Hall–Kier alpha value is -1.63. The fourth-order valence-electron chi connectivity index (χ4n) is 1.19. The quantitative estimate of drug-likeness (QED) is 0.805. The first-order chi connectivity index (χ1) is 7.09. The van der Waals surface area contributed by atoms with Gasteiger partial charge in [0.25, 0.3) is 0 Å². The summed E-state index contributed by atoms with van der Waals surface area (Å²) in [6.45, 7) is 0. The Bertz CT molecular complexity index is 585. The molecule has 0 aliphatic rings. The van der Waals surface area contributed by atoms with Crippen molar-refractivity contribution in [3.8, 4) is 5.69 Å². The summed E-state index contributed by atoms with van der Waals surface area (Å²) >= 11 is 3.07. The maximum atomic E-state index is 12.8. The number of nitrogens with zero attached hydrogens (tertiary/aromatic N) is 1. The highest BCUT2D eigenvalue weighted by Gasteiger charge is 2.09. The van der Waals surface area contributed by atoms with Crippen LogP contribution in [0.5, 0.6) is 0 Å². The number of hydrogen-bond acceptors (Lipinski definition) is 2. The minimum absolute atomic E-state index is 0.281. The number of rotatable bonds is 1. The van der Waals surface area contributed by atoms with Crippen LogP contribution >= 0.6 is 15.9 Å². The average Bonchev–Trinajstić information content (AvgIpc) is 2.48. The zero-order valence-corrected chi connectivity index (χ0v) is 8.84. The number of nitrogens with one attached hydrogen (secondary N) is 2. The van der Waals surface area contributed by atoms with E-state index in [9.17, 15) is 14.0 Å². The second kappa shape index (κ2) is 3.50. The van der Waals surface area contributed by atoms with Crippen molar-refractivity contribution in [1.82, 2.24) is 14.8 Å². The van der Waals surface area contributed by atoms with Crippen molar-refractivity contribution in [3.63, 3.8) is 0 Å². The van der Waals surface area contributed by atoms with Gasteiger partial charge < -0.3 is 0 Å². The number of benzene rings is 1. The van der Waals surface area contributed by atoms with E-state index in [4.69, 9.17) is 0 Å². The topological polar surface area (TPSA) is 70.7 Å². The van der Waals surface area contributed by atoms with Crippen LogP contribution in [0.3, 0.4) is 0 Å². The molecule has 0 radical (unpaired) electrons. The van der Waals surface area contributed by atoms with Gasteiger partial charge >= 0.3 is 11.4 Å². The molecular formula is C8H5BrFN3O2. The van der Waals surface area contributed by atoms with Gasteiger partial charge in [0.2, 0.25) is 0 Å². The number of aromatic amines is 2. The molecular weight excluding hydrogens is 269 g/mol. The maximum Gasteiger partial charge on any atom is 0.349 e. The molecule has 0 spiro atoms. The predicted octanol–water partition coefficient (Wildman–Crippen LogP) is 0.755. The first-order valence-corrected chi connectivity index (χ1v) is 4.74. The summed E-state index contributed by atoms with van der Waals surface area (Å²) in [7, 11) is 0. The lowest BCUT2D eigenvalue weighted by molar-refractivity contribution is 0.626. The highest BCUT2D eigenvalue weighted by atomic mass is 79.9. The number of H-pyrrole nitrogens is 2. The Morgan fingerprint density at radius 3 is 2.33 bits per heavy atom. The standard InChI is InChI=1S/C8H5BrFN3O2/c9-5-3-4(10)1-2-6(5)13-7(14)11-12-8(13)15/h1-3H,(H,11,14)(H,12,15). The van der Waals surface area contributed by atoms with Gasteiger partial charge in [-0.25, -0.2) is 28.7 Å². The smallest absolute Gasteiger partial charge is 0.247 e. The molecule has 1 heterocycles. The van der Waals surface area contributed by atoms with E-state index in [2.05, 4.69) is 26.1 Å². The third-order valence-electron chi connectivity index (χ3n) is 1.83. The van der Waals surface area contributed by atoms with Gasteiger partial charge in [0.1, 0.15) is 5.82 Å². The normalized spacial score (nSPS) is 10.5. The molecule has 2 rings (SSSR count). The lowest BCUT2D eigenvalue weighted by Crippen LogP contribution is -2.24. The largest absolute Gasteiger partial charge is 0.349 e. The molecule has 0 atom stereocenters. The van der Waals surface area contributed by atoms with Crippen molar-refractivity contribution in [2.24, 2.45) is 0 Å². The second-order valence-corrected chi connectivity index (χ2v) is 3.65. The molecule has 2 aromatic rings. The Balaban J connectivity index is 2.75. The highest BCUT2D eigenvalue weighted by molar-refractivity contribution is 9.10.